The standard InChI is InChI=1S/C10H10F2O2/c1-3-9(13)6-4-7(11)8(12)5-10(6)14-2/h4-5H,3H2,1-2H3. The summed E-state index contributed by atoms with van der Waals surface area (Å²) in [5, 5.41) is 0. The van der Waals surface area contributed by atoms with E-state index < -0.39 is 11.6 Å². The van der Waals surface area contributed by atoms with Crippen molar-refractivity contribution in [3.05, 3.63) is 29.3 Å². The van der Waals surface area contributed by atoms with Crippen LogP contribution in [0.25, 0.3) is 0 Å². The Labute approximate surface area is 80.5 Å². The lowest BCUT2D eigenvalue weighted by Gasteiger charge is -2.06. The zero-order valence-electron chi connectivity index (χ0n) is 7.93. The van der Waals surface area contributed by atoms with Gasteiger partial charge in [0.05, 0.1) is 12.7 Å². The fourth-order valence-electron chi connectivity index (χ4n) is 1.11. The summed E-state index contributed by atoms with van der Waals surface area (Å²) < 4.78 is 30.3. The van der Waals surface area contributed by atoms with Crippen molar-refractivity contribution in [3.63, 3.8) is 0 Å². The van der Waals surface area contributed by atoms with Crippen LogP contribution in [0.15, 0.2) is 12.1 Å². The highest BCUT2D eigenvalue weighted by Crippen LogP contribution is 2.23. The van der Waals surface area contributed by atoms with Gasteiger partial charge in [0, 0.05) is 12.5 Å². The molecule has 0 saturated heterocycles. The Bertz CT molecular complexity index is 361. The maximum atomic E-state index is 12.8. The molecule has 76 valence electrons. The van der Waals surface area contributed by atoms with Gasteiger partial charge in [-0.1, -0.05) is 6.92 Å². The van der Waals surface area contributed by atoms with Crippen molar-refractivity contribution in [1.29, 1.82) is 0 Å². The van der Waals surface area contributed by atoms with E-state index in [1.54, 1.807) is 6.92 Å². The quantitative estimate of drug-likeness (QED) is 0.701. The minimum atomic E-state index is -1.04. The lowest BCUT2D eigenvalue weighted by molar-refractivity contribution is 0.0984. The van der Waals surface area contributed by atoms with Gasteiger partial charge in [-0.3, -0.25) is 4.79 Å². The Morgan fingerprint density at radius 1 is 1.36 bits per heavy atom. The number of benzene rings is 1. The highest BCUT2D eigenvalue weighted by Gasteiger charge is 2.14. The number of carbonyl (C=O) groups is 1. The van der Waals surface area contributed by atoms with Gasteiger partial charge in [-0.2, -0.15) is 0 Å². The van der Waals surface area contributed by atoms with Gasteiger partial charge < -0.3 is 4.74 Å². The zero-order chi connectivity index (χ0) is 10.7. The Hall–Kier alpha value is -1.45. The Balaban J connectivity index is 3.27. The van der Waals surface area contributed by atoms with Gasteiger partial charge in [-0.05, 0) is 6.07 Å². The zero-order valence-corrected chi connectivity index (χ0v) is 7.93. The normalized spacial score (nSPS) is 10.0. The number of halogens is 2. The van der Waals surface area contributed by atoms with Crippen LogP contribution in [-0.2, 0) is 0 Å². The Kier molecular flexibility index (Phi) is 3.17. The predicted molar refractivity (Wildman–Crippen MR) is 47.5 cm³/mol. The summed E-state index contributed by atoms with van der Waals surface area (Å²) in [5.41, 5.74) is 0.0777. The van der Waals surface area contributed by atoms with E-state index in [1.807, 2.05) is 0 Å². The smallest absolute Gasteiger partial charge is 0.166 e. The summed E-state index contributed by atoms with van der Waals surface area (Å²) in [5.74, 6) is -2.27. The molecule has 4 heteroatoms. The van der Waals surface area contributed by atoms with Gasteiger partial charge >= 0.3 is 0 Å². The third-order valence-corrected chi connectivity index (χ3v) is 1.86. The van der Waals surface area contributed by atoms with E-state index in [9.17, 15) is 13.6 Å². The molecule has 0 heterocycles. The fourth-order valence-corrected chi connectivity index (χ4v) is 1.11. The van der Waals surface area contributed by atoms with E-state index in [2.05, 4.69) is 0 Å². The first-order valence-corrected chi connectivity index (χ1v) is 4.16. The number of Topliss-reactive ketones (excluding diaryl/α,β-unsaturated/α-hetero) is 1. The van der Waals surface area contributed by atoms with E-state index in [0.717, 1.165) is 12.1 Å². The second-order valence-corrected chi connectivity index (χ2v) is 2.74. The third kappa shape index (κ3) is 1.89. The van der Waals surface area contributed by atoms with Gasteiger partial charge in [0.15, 0.2) is 17.4 Å². The number of hydrogen-bond acceptors (Lipinski definition) is 2. The van der Waals surface area contributed by atoms with E-state index in [-0.39, 0.29) is 23.5 Å². The molecule has 0 aliphatic heterocycles. The van der Waals surface area contributed by atoms with Gasteiger partial charge in [0.2, 0.25) is 0 Å². The molecule has 0 amide bonds. The molecule has 1 aromatic rings. The average Bonchev–Trinajstić information content (AvgIpc) is 2.20. The van der Waals surface area contributed by atoms with Crippen LogP contribution in [0.5, 0.6) is 5.75 Å². The Morgan fingerprint density at radius 2 is 1.93 bits per heavy atom. The van der Waals surface area contributed by atoms with E-state index in [4.69, 9.17) is 4.74 Å². The molecule has 0 atom stereocenters. The van der Waals surface area contributed by atoms with Crippen LogP contribution in [0, 0.1) is 11.6 Å². The molecule has 1 aromatic carbocycles. The maximum Gasteiger partial charge on any atom is 0.166 e. The molecular weight excluding hydrogens is 190 g/mol. The molecule has 14 heavy (non-hydrogen) atoms. The van der Waals surface area contributed by atoms with Crippen LogP contribution in [0.1, 0.15) is 23.7 Å². The number of methoxy groups -OCH3 is 1. The number of ketones is 1. The number of carbonyl (C=O) groups excluding carboxylic acids is 1. The summed E-state index contributed by atoms with van der Waals surface area (Å²) in [6.45, 7) is 1.64. The minimum Gasteiger partial charge on any atom is -0.496 e. The van der Waals surface area contributed by atoms with Crippen LogP contribution in [0.2, 0.25) is 0 Å². The monoisotopic (exact) mass is 200 g/mol. The van der Waals surface area contributed by atoms with Crippen LogP contribution >= 0.6 is 0 Å². The summed E-state index contributed by atoms with van der Waals surface area (Å²) in [6, 6.07) is 1.73. The van der Waals surface area contributed by atoms with Crippen LogP contribution in [0.3, 0.4) is 0 Å². The molecule has 0 saturated carbocycles. The number of rotatable bonds is 3. The average molecular weight is 200 g/mol. The van der Waals surface area contributed by atoms with E-state index in [0.29, 0.717) is 0 Å². The summed E-state index contributed by atoms with van der Waals surface area (Å²) in [4.78, 5) is 11.3. The molecular formula is C10H10F2O2. The Morgan fingerprint density at radius 3 is 2.43 bits per heavy atom. The first-order valence-electron chi connectivity index (χ1n) is 4.16. The molecule has 0 radical (unpaired) electrons. The van der Waals surface area contributed by atoms with Crippen molar-refractivity contribution in [2.24, 2.45) is 0 Å². The van der Waals surface area contributed by atoms with Crippen molar-refractivity contribution in [2.75, 3.05) is 7.11 Å². The lowest BCUT2D eigenvalue weighted by atomic mass is 10.1. The minimum absolute atomic E-state index is 0.0655. The lowest BCUT2D eigenvalue weighted by Crippen LogP contribution is -2.02. The van der Waals surface area contributed by atoms with E-state index >= 15 is 0 Å². The van der Waals surface area contributed by atoms with Gasteiger partial charge in [0.1, 0.15) is 5.75 Å². The predicted octanol–water partition coefficient (Wildman–Crippen LogP) is 2.57. The summed E-state index contributed by atoms with van der Waals surface area (Å²) in [6.07, 6.45) is 0.224. The summed E-state index contributed by atoms with van der Waals surface area (Å²) in [7, 11) is 1.30. The van der Waals surface area contributed by atoms with Crippen LogP contribution in [0.4, 0.5) is 8.78 Å². The molecule has 0 N–H and O–H groups in total. The van der Waals surface area contributed by atoms with Gasteiger partial charge in [-0.25, -0.2) is 8.78 Å². The molecule has 1 rings (SSSR count). The van der Waals surface area contributed by atoms with Crippen molar-refractivity contribution in [1.82, 2.24) is 0 Å². The number of hydrogen-bond donors (Lipinski definition) is 0. The molecule has 0 aliphatic rings. The number of ether oxygens (including phenoxy) is 1. The van der Waals surface area contributed by atoms with Gasteiger partial charge in [-0.15, -0.1) is 0 Å². The van der Waals surface area contributed by atoms with Crippen molar-refractivity contribution >= 4 is 5.78 Å². The first kappa shape index (κ1) is 10.6. The van der Waals surface area contributed by atoms with E-state index in [1.165, 1.54) is 7.11 Å². The molecule has 0 spiro atoms. The SMILES string of the molecule is CCC(=O)c1cc(F)c(F)cc1OC. The van der Waals surface area contributed by atoms with Crippen molar-refractivity contribution in [2.45, 2.75) is 13.3 Å². The van der Waals surface area contributed by atoms with Crippen molar-refractivity contribution < 1.29 is 18.3 Å². The maximum absolute atomic E-state index is 12.8. The molecule has 0 bridgehead atoms. The largest absolute Gasteiger partial charge is 0.496 e. The van der Waals surface area contributed by atoms with Crippen LogP contribution in [-0.4, -0.2) is 12.9 Å². The molecule has 0 fully saturated rings. The second-order valence-electron chi connectivity index (χ2n) is 2.74. The fraction of sp³-hybridized carbons (Fsp3) is 0.300. The van der Waals surface area contributed by atoms with Crippen molar-refractivity contribution in [3.8, 4) is 5.75 Å². The third-order valence-electron chi connectivity index (χ3n) is 1.86. The summed E-state index contributed by atoms with van der Waals surface area (Å²) >= 11 is 0. The topological polar surface area (TPSA) is 26.3 Å². The highest BCUT2D eigenvalue weighted by atomic mass is 19.2. The first-order chi connectivity index (χ1) is 6.60. The second kappa shape index (κ2) is 4.17. The molecule has 0 aromatic heterocycles. The highest BCUT2D eigenvalue weighted by molar-refractivity contribution is 5.98. The molecule has 0 unspecified atom stereocenters. The molecule has 0 aliphatic carbocycles. The van der Waals surface area contributed by atoms with Crippen LogP contribution < -0.4 is 4.74 Å². The van der Waals surface area contributed by atoms with Gasteiger partial charge in [0.25, 0.3) is 0 Å². The molecule has 2 nitrogen and oxygen atoms in total.